The summed E-state index contributed by atoms with van der Waals surface area (Å²) in [5.74, 6) is 1.18. The molecule has 0 saturated heterocycles. The van der Waals surface area contributed by atoms with Crippen LogP contribution >= 0.6 is 0 Å². The lowest BCUT2D eigenvalue weighted by Crippen LogP contribution is -2.38. The number of guanidine groups is 1. The van der Waals surface area contributed by atoms with Gasteiger partial charge < -0.3 is 20.5 Å². The van der Waals surface area contributed by atoms with Gasteiger partial charge in [-0.2, -0.15) is 0 Å². The molecule has 0 radical (unpaired) electrons. The fourth-order valence-corrected chi connectivity index (χ4v) is 2.31. The Morgan fingerprint density at radius 1 is 1.32 bits per heavy atom. The van der Waals surface area contributed by atoms with Gasteiger partial charge in [-0.1, -0.05) is 6.42 Å². The molecule has 1 saturated carbocycles. The van der Waals surface area contributed by atoms with E-state index in [1.54, 1.807) is 0 Å². The summed E-state index contributed by atoms with van der Waals surface area (Å²) in [5.41, 5.74) is 0. The van der Waals surface area contributed by atoms with Crippen LogP contribution in [0.4, 0.5) is 0 Å². The molecule has 0 amide bonds. The molecule has 3 N–H and O–H groups in total. The van der Waals surface area contributed by atoms with E-state index in [9.17, 15) is 5.11 Å². The Morgan fingerprint density at radius 2 is 2.16 bits per heavy atom. The third kappa shape index (κ3) is 6.78. The van der Waals surface area contributed by atoms with Crippen LogP contribution in [0, 0.1) is 5.92 Å². The van der Waals surface area contributed by atoms with Crippen molar-refractivity contribution in [3.8, 4) is 0 Å². The van der Waals surface area contributed by atoms with Gasteiger partial charge in [0.2, 0.25) is 0 Å². The van der Waals surface area contributed by atoms with Crippen molar-refractivity contribution in [2.45, 2.75) is 45.6 Å². The van der Waals surface area contributed by atoms with Gasteiger partial charge in [0.05, 0.1) is 6.10 Å². The summed E-state index contributed by atoms with van der Waals surface area (Å²) in [6.07, 6.45) is 3.96. The monoisotopic (exact) mass is 271 g/mol. The maximum Gasteiger partial charge on any atom is 0.191 e. The van der Waals surface area contributed by atoms with E-state index in [-0.39, 0.29) is 6.10 Å². The average Bonchev–Trinajstić information content (AvgIpc) is 2.81. The third-order valence-electron chi connectivity index (χ3n) is 3.41. The van der Waals surface area contributed by atoms with E-state index in [0.717, 1.165) is 57.9 Å². The fraction of sp³-hybridized carbons (Fsp3) is 0.929. The zero-order valence-electron chi connectivity index (χ0n) is 12.3. The topological polar surface area (TPSA) is 65.9 Å². The summed E-state index contributed by atoms with van der Waals surface area (Å²) in [6, 6.07) is 0. The molecule has 1 aliphatic carbocycles. The second-order valence-corrected chi connectivity index (χ2v) is 4.96. The zero-order chi connectivity index (χ0) is 13.9. The van der Waals surface area contributed by atoms with Crippen molar-refractivity contribution >= 4 is 5.96 Å². The van der Waals surface area contributed by atoms with Crippen LogP contribution in [0.3, 0.4) is 0 Å². The van der Waals surface area contributed by atoms with Gasteiger partial charge in [0.1, 0.15) is 0 Å². The number of aliphatic imine (C=N–C) groups is 1. The van der Waals surface area contributed by atoms with E-state index >= 15 is 0 Å². The lowest BCUT2D eigenvalue weighted by Gasteiger charge is -2.14. The number of nitrogens with one attached hydrogen (secondary N) is 2. The summed E-state index contributed by atoms with van der Waals surface area (Å²) >= 11 is 0. The molecule has 0 spiro atoms. The first-order valence-electron chi connectivity index (χ1n) is 7.55. The number of hydrogen-bond donors (Lipinski definition) is 3. The minimum atomic E-state index is -0.162. The number of hydrogen-bond acceptors (Lipinski definition) is 3. The first-order chi connectivity index (χ1) is 9.27. The van der Waals surface area contributed by atoms with E-state index in [1.165, 1.54) is 0 Å². The predicted molar refractivity (Wildman–Crippen MR) is 78.4 cm³/mol. The standard InChI is InChI=1S/C14H29N3O2/c1-3-15-14(16-9-6-10-19-4-2)17-11-12-7-5-8-13(12)18/h12-13,18H,3-11H2,1-2H3,(H2,15,16,17). The molecule has 112 valence electrons. The smallest absolute Gasteiger partial charge is 0.191 e. The van der Waals surface area contributed by atoms with Crippen LogP contribution in [0.2, 0.25) is 0 Å². The second-order valence-electron chi connectivity index (χ2n) is 4.96. The third-order valence-corrected chi connectivity index (χ3v) is 3.41. The molecule has 1 fully saturated rings. The summed E-state index contributed by atoms with van der Waals surface area (Å²) in [4.78, 5) is 4.56. The number of rotatable bonds is 8. The molecule has 1 rings (SSSR count). The van der Waals surface area contributed by atoms with Gasteiger partial charge in [-0.25, -0.2) is 0 Å². The Balaban J connectivity index is 2.25. The van der Waals surface area contributed by atoms with Crippen LogP contribution in [0.15, 0.2) is 4.99 Å². The van der Waals surface area contributed by atoms with Crippen molar-refractivity contribution in [1.82, 2.24) is 10.6 Å². The van der Waals surface area contributed by atoms with Crippen LogP contribution in [-0.2, 0) is 4.74 Å². The number of aliphatic hydroxyl groups is 1. The average molecular weight is 271 g/mol. The highest BCUT2D eigenvalue weighted by molar-refractivity contribution is 5.79. The zero-order valence-corrected chi connectivity index (χ0v) is 12.3. The van der Waals surface area contributed by atoms with Gasteiger partial charge in [-0.05, 0) is 33.1 Å². The maximum absolute atomic E-state index is 9.78. The van der Waals surface area contributed by atoms with Crippen molar-refractivity contribution in [2.75, 3.05) is 32.8 Å². The Kier molecular flexibility index (Phi) is 8.58. The van der Waals surface area contributed by atoms with E-state index in [4.69, 9.17) is 4.74 Å². The fourth-order valence-electron chi connectivity index (χ4n) is 2.31. The van der Waals surface area contributed by atoms with Gasteiger partial charge in [0.15, 0.2) is 5.96 Å². The van der Waals surface area contributed by atoms with Crippen molar-refractivity contribution in [3.63, 3.8) is 0 Å². The van der Waals surface area contributed by atoms with Crippen LogP contribution in [-0.4, -0.2) is 50.0 Å². The Morgan fingerprint density at radius 3 is 2.79 bits per heavy atom. The summed E-state index contributed by atoms with van der Waals surface area (Å²) < 4.78 is 5.30. The minimum absolute atomic E-state index is 0.162. The molecule has 0 aromatic carbocycles. The predicted octanol–water partition coefficient (Wildman–Crippen LogP) is 1.13. The number of nitrogens with zero attached hydrogens (tertiary/aromatic N) is 1. The minimum Gasteiger partial charge on any atom is -0.393 e. The quantitative estimate of drug-likeness (QED) is 0.352. The molecule has 0 heterocycles. The molecule has 0 aromatic rings. The Hall–Kier alpha value is -0.810. The van der Waals surface area contributed by atoms with Gasteiger partial charge in [0, 0.05) is 38.8 Å². The van der Waals surface area contributed by atoms with Crippen molar-refractivity contribution in [3.05, 3.63) is 0 Å². The highest BCUT2D eigenvalue weighted by Crippen LogP contribution is 2.25. The van der Waals surface area contributed by atoms with Crippen LogP contribution in [0.1, 0.15) is 39.5 Å². The van der Waals surface area contributed by atoms with Gasteiger partial charge >= 0.3 is 0 Å². The number of aliphatic hydroxyl groups excluding tert-OH is 1. The Bertz CT molecular complexity index is 259. The maximum atomic E-state index is 9.78. The molecule has 1 aliphatic rings. The SMILES string of the molecule is CCNC(=NCC1CCCC1O)NCCCOCC. The largest absolute Gasteiger partial charge is 0.393 e. The van der Waals surface area contributed by atoms with E-state index < -0.39 is 0 Å². The lowest BCUT2D eigenvalue weighted by atomic mass is 10.1. The van der Waals surface area contributed by atoms with Crippen molar-refractivity contribution in [1.29, 1.82) is 0 Å². The Labute approximate surface area is 116 Å². The molecule has 0 bridgehead atoms. The molecule has 5 heteroatoms. The summed E-state index contributed by atoms with van der Waals surface area (Å²) in [6.45, 7) is 8.04. The van der Waals surface area contributed by atoms with Gasteiger partial charge in [0.25, 0.3) is 0 Å². The molecule has 19 heavy (non-hydrogen) atoms. The molecule has 5 nitrogen and oxygen atoms in total. The molecule has 2 atom stereocenters. The van der Waals surface area contributed by atoms with Gasteiger partial charge in [-0.15, -0.1) is 0 Å². The summed E-state index contributed by atoms with van der Waals surface area (Å²) in [7, 11) is 0. The molecule has 0 aromatic heterocycles. The highest BCUT2D eigenvalue weighted by Gasteiger charge is 2.24. The molecule has 2 unspecified atom stereocenters. The van der Waals surface area contributed by atoms with E-state index in [2.05, 4.69) is 22.5 Å². The first-order valence-corrected chi connectivity index (χ1v) is 7.55. The normalized spacial score (nSPS) is 23.6. The highest BCUT2D eigenvalue weighted by atomic mass is 16.5. The van der Waals surface area contributed by atoms with Crippen LogP contribution in [0.25, 0.3) is 0 Å². The van der Waals surface area contributed by atoms with Crippen molar-refractivity contribution < 1.29 is 9.84 Å². The van der Waals surface area contributed by atoms with E-state index in [0.29, 0.717) is 12.5 Å². The van der Waals surface area contributed by atoms with Crippen LogP contribution in [0.5, 0.6) is 0 Å². The molecule has 0 aliphatic heterocycles. The second kappa shape index (κ2) is 10.0. The molecular formula is C14H29N3O2. The van der Waals surface area contributed by atoms with Gasteiger partial charge in [-0.3, -0.25) is 4.99 Å². The number of ether oxygens (including phenoxy) is 1. The first kappa shape index (κ1) is 16.2. The van der Waals surface area contributed by atoms with Crippen LogP contribution < -0.4 is 10.6 Å². The lowest BCUT2D eigenvalue weighted by molar-refractivity contribution is 0.136. The van der Waals surface area contributed by atoms with E-state index in [1.807, 2.05) is 6.92 Å². The summed E-state index contributed by atoms with van der Waals surface area (Å²) in [5, 5.41) is 16.3. The van der Waals surface area contributed by atoms with Crippen molar-refractivity contribution in [2.24, 2.45) is 10.9 Å². The molecular weight excluding hydrogens is 242 g/mol.